The van der Waals surface area contributed by atoms with E-state index in [9.17, 15) is 33.1 Å². The van der Waals surface area contributed by atoms with Gasteiger partial charge in [0, 0.05) is 36.3 Å². The van der Waals surface area contributed by atoms with Crippen molar-refractivity contribution < 1.29 is 32.7 Å². The van der Waals surface area contributed by atoms with Crippen molar-refractivity contribution >= 4 is 29.2 Å². The van der Waals surface area contributed by atoms with Gasteiger partial charge in [-0.05, 0) is 38.5 Å². The molecule has 5 N–H and O–H groups in total. The predicted octanol–water partition coefficient (Wildman–Crippen LogP) is 1.02. The lowest BCUT2D eigenvalue weighted by molar-refractivity contribution is -0.129. The molecule has 1 fully saturated rings. The number of nitrogens with one attached hydrogen (secondary N) is 2. The molecule has 39 heavy (non-hydrogen) atoms. The second-order valence-corrected chi connectivity index (χ2v) is 9.27. The first-order valence-electron chi connectivity index (χ1n) is 11.9. The van der Waals surface area contributed by atoms with Gasteiger partial charge in [-0.3, -0.25) is 18.8 Å². The fourth-order valence-electron chi connectivity index (χ4n) is 4.27. The van der Waals surface area contributed by atoms with Gasteiger partial charge in [-0.25, -0.2) is 22.9 Å². The molecule has 1 unspecified atom stereocenters. The van der Waals surface area contributed by atoms with Crippen LogP contribution in [0.25, 0.3) is 16.8 Å². The van der Waals surface area contributed by atoms with Crippen molar-refractivity contribution in [2.45, 2.75) is 38.4 Å². The smallest absolute Gasteiger partial charge is 0.341 e. The summed E-state index contributed by atoms with van der Waals surface area (Å²) in [6.45, 7) is 3.35. The summed E-state index contributed by atoms with van der Waals surface area (Å²) in [5, 5.41) is 14.7. The van der Waals surface area contributed by atoms with Gasteiger partial charge < -0.3 is 26.4 Å². The number of carbonyl (C=O) groups is 3. The molecule has 14 heteroatoms. The van der Waals surface area contributed by atoms with E-state index in [0.29, 0.717) is 16.9 Å². The molecule has 11 nitrogen and oxygen atoms in total. The lowest BCUT2D eigenvalue weighted by atomic mass is 10.0. The van der Waals surface area contributed by atoms with E-state index < -0.39 is 64.5 Å². The summed E-state index contributed by atoms with van der Waals surface area (Å²) in [6.07, 6.45) is 1.16. The molecule has 4 rings (SSSR count). The Kier molecular flexibility index (Phi) is 7.58. The number of pyridine rings is 1. The van der Waals surface area contributed by atoms with E-state index in [-0.39, 0.29) is 35.7 Å². The largest absolute Gasteiger partial charge is 0.477 e. The van der Waals surface area contributed by atoms with Crippen LogP contribution < -0.4 is 26.8 Å². The third-order valence-electron chi connectivity index (χ3n) is 6.33. The Labute approximate surface area is 219 Å². The van der Waals surface area contributed by atoms with Crippen molar-refractivity contribution in [2.24, 2.45) is 5.73 Å². The van der Waals surface area contributed by atoms with E-state index >= 15 is 4.39 Å². The maximum Gasteiger partial charge on any atom is 0.341 e. The first-order valence-corrected chi connectivity index (χ1v) is 11.9. The van der Waals surface area contributed by atoms with Crippen LogP contribution in [0.15, 0.2) is 35.3 Å². The molecule has 1 saturated heterocycles. The zero-order chi connectivity index (χ0) is 28.6. The minimum atomic E-state index is -1.62. The molecule has 1 aliphatic heterocycles. The second-order valence-electron chi connectivity index (χ2n) is 9.27. The van der Waals surface area contributed by atoms with Gasteiger partial charge in [0.1, 0.15) is 28.9 Å². The topological polar surface area (TPSA) is 159 Å². The van der Waals surface area contributed by atoms with Crippen LogP contribution in [0, 0.1) is 17.5 Å². The van der Waals surface area contributed by atoms with Crippen molar-refractivity contribution in [3.8, 4) is 11.1 Å². The number of rotatable bonds is 7. The third kappa shape index (κ3) is 5.55. The van der Waals surface area contributed by atoms with Gasteiger partial charge in [0.15, 0.2) is 11.6 Å². The fraction of sp³-hybridized carbons (Fsp3) is 0.320. The summed E-state index contributed by atoms with van der Waals surface area (Å²) in [5.41, 5.74) is 3.01. The average Bonchev–Trinajstić information content (AvgIpc) is 3.32. The molecule has 0 spiro atoms. The van der Waals surface area contributed by atoms with Crippen molar-refractivity contribution in [3.05, 3.63) is 63.8 Å². The molecule has 3 heterocycles. The molecule has 1 aliphatic rings. The normalized spacial score (nSPS) is 16.7. The quantitative estimate of drug-likeness (QED) is 0.342. The highest BCUT2D eigenvalue weighted by molar-refractivity contribution is 5.92. The summed E-state index contributed by atoms with van der Waals surface area (Å²) >= 11 is 0. The van der Waals surface area contributed by atoms with Gasteiger partial charge in [0.25, 0.3) is 5.56 Å². The molecule has 206 valence electrons. The number of aromatic nitrogens is 2. The molecule has 0 saturated carbocycles. The monoisotopic (exact) mass is 546 g/mol. The zero-order valence-corrected chi connectivity index (χ0v) is 20.9. The Morgan fingerprint density at radius 1 is 1.10 bits per heavy atom. The fourth-order valence-corrected chi connectivity index (χ4v) is 4.27. The summed E-state index contributed by atoms with van der Waals surface area (Å²) in [6, 6.07) is 1.43. The summed E-state index contributed by atoms with van der Waals surface area (Å²) in [5.74, 6) is -5.66. The Morgan fingerprint density at radius 3 is 2.46 bits per heavy atom. The predicted molar refractivity (Wildman–Crippen MR) is 134 cm³/mol. The molecule has 3 atom stereocenters. The van der Waals surface area contributed by atoms with Crippen molar-refractivity contribution in [1.29, 1.82) is 0 Å². The van der Waals surface area contributed by atoms with Gasteiger partial charge >= 0.3 is 5.97 Å². The van der Waals surface area contributed by atoms with Crippen LogP contribution in [0.3, 0.4) is 0 Å². The first kappa shape index (κ1) is 27.6. The van der Waals surface area contributed by atoms with Crippen LogP contribution in [-0.2, 0) is 9.59 Å². The first-order chi connectivity index (χ1) is 18.4. The number of carboxylic acids is 1. The van der Waals surface area contributed by atoms with Gasteiger partial charge in [0.2, 0.25) is 11.8 Å². The minimum Gasteiger partial charge on any atom is -0.477 e. The number of hydrogen-bond donors (Lipinski definition) is 4. The number of fused-ring (bicyclic) bond motifs is 1. The van der Waals surface area contributed by atoms with E-state index in [0.717, 1.165) is 24.4 Å². The Balaban J connectivity index is 1.68. The van der Waals surface area contributed by atoms with E-state index in [1.54, 1.807) is 0 Å². The number of anilines is 1. The number of halogens is 3. The molecule has 3 aromatic rings. The molecule has 2 aromatic heterocycles. The molecule has 2 amide bonds. The number of nitrogens with two attached hydrogens (primary N) is 1. The summed E-state index contributed by atoms with van der Waals surface area (Å²) in [7, 11) is 0. The minimum absolute atomic E-state index is 0.122. The van der Waals surface area contributed by atoms with Gasteiger partial charge in [-0.2, -0.15) is 0 Å². The SMILES string of the molecule is C[C@H](N)C(=O)N[C@@H](C)C(=O)NC1CCN(c2nc3c(-c4ccc(F)cc4F)cc(C(=O)O)c(=O)n3cc2F)C1. The van der Waals surface area contributed by atoms with Crippen LogP contribution >= 0.6 is 0 Å². The Hall–Kier alpha value is -4.46. The van der Waals surface area contributed by atoms with Gasteiger partial charge in [-0.15, -0.1) is 0 Å². The van der Waals surface area contributed by atoms with Crippen LogP contribution in [0.4, 0.5) is 19.0 Å². The molecule has 1 aromatic carbocycles. The number of carboxylic acid groups (broad SMARTS) is 1. The van der Waals surface area contributed by atoms with Gasteiger partial charge in [-0.1, -0.05) is 0 Å². The molecule has 0 radical (unpaired) electrons. The number of carbonyl (C=O) groups excluding carboxylic acids is 2. The van der Waals surface area contributed by atoms with Crippen molar-refractivity contribution in [2.75, 3.05) is 18.0 Å². The van der Waals surface area contributed by atoms with Crippen LogP contribution in [-0.4, -0.2) is 63.5 Å². The lowest BCUT2D eigenvalue weighted by Gasteiger charge is -2.21. The molecule has 0 aliphatic carbocycles. The van der Waals surface area contributed by atoms with E-state index in [4.69, 9.17) is 5.73 Å². The standard InChI is InChI=1S/C25H25F3N6O5/c1-11(29)22(35)30-12(2)23(36)31-14-5-6-33(9-14)21-19(28)10-34-20(32-21)16(8-17(24(34)37)25(38)39)15-4-3-13(26)7-18(15)27/h3-4,7-8,10-12,14H,5-6,9,29H2,1-2H3,(H,30,35)(H,31,36)(H,38,39)/t11-,12-,14?/m0/s1. The van der Waals surface area contributed by atoms with Crippen LogP contribution in [0.5, 0.6) is 0 Å². The number of aromatic carboxylic acids is 1. The summed E-state index contributed by atoms with van der Waals surface area (Å²) < 4.78 is 44.1. The number of amides is 2. The number of nitrogens with zero attached hydrogens (tertiary/aromatic N) is 3. The third-order valence-corrected chi connectivity index (χ3v) is 6.33. The Bertz CT molecular complexity index is 1540. The number of hydrogen-bond acceptors (Lipinski definition) is 7. The molecule has 0 bridgehead atoms. The highest BCUT2D eigenvalue weighted by Crippen LogP contribution is 2.30. The van der Waals surface area contributed by atoms with E-state index in [1.165, 1.54) is 18.7 Å². The van der Waals surface area contributed by atoms with E-state index in [2.05, 4.69) is 15.6 Å². The highest BCUT2D eigenvalue weighted by Gasteiger charge is 2.30. The average molecular weight is 547 g/mol. The number of benzene rings is 1. The van der Waals surface area contributed by atoms with Crippen molar-refractivity contribution in [3.63, 3.8) is 0 Å². The van der Waals surface area contributed by atoms with Crippen LogP contribution in [0.1, 0.15) is 30.6 Å². The van der Waals surface area contributed by atoms with Crippen molar-refractivity contribution in [1.82, 2.24) is 20.0 Å². The van der Waals surface area contributed by atoms with Crippen LogP contribution in [0.2, 0.25) is 0 Å². The maximum absolute atomic E-state index is 15.2. The maximum atomic E-state index is 15.2. The summed E-state index contributed by atoms with van der Waals surface area (Å²) in [4.78, 5) is 54.4. The zero-order valence-electron chi connectivity index (χ0n) is 20.9. The lowest BCUT2D eigenvalue weighted by Crippen LogP contribution is -2.51. The Morgan fingerprint density at radius 2 is 1.82 bits per heavy atom. The second kappa shape index (κ2) is 10.7. The van der Waals surface area contributed by atoms with E-state index in [1.807, 2.05) is 0 Å². The van der Waals surface area contributed by atoms with Gasteiger partial charge in [0.05, 0.1) is 12.2 Å². The molecular weight excluding hydrogens is 521 g/mol. The highest BCUT2D eigenvalue weighted by atomic mass is 19.1. The molecular formula is C25H25F3N6O5.